The molecule has 1 atom stereocenters. The predicted molar refractivity (Wildman–Crippen MR) is 152 cm³/mol. The third-order valence-corrected chi connectivity index (χ3v) is 9.31. The Labute approximate surface area is 238 Å². The number of unbranched alkanes of at least 4 members (excludes halogenated alkanes) is 1. The van der Waals surface area contributed by atoms with E-state index in [1.54, 1.807) is 53.7 Å². The largest absolute Gasteiger partial charge is 0.507 e. The third-order valence-electron chi connectivity index (χ3n) is 7.49. The minimum absolute atomic E-state index is 0.0102. The summed E-state index contributed by atoms with van der Waals surface area (Å²) in [5.41, 5.74) is -0.854. The van der Waals surface area contributed by atoms with Crippen LogP contribution in [-0.2, 0) is 36.5 Å². The number of aromatic nitrogens is 1. The van der Waals surface area contributed by atoms with Crippen LogP contribution < -0.4 is 4.90 Å². The van der Waals surface area contributed by atoms with Gasteiger partial charge in [0.05, 0.1) is 16.2 Å². The van der Waals surface area contributed by atoms with Gasteiger partial charge in [0, 0.05) is 50.7 Å². The van der Waals surface area contributed by atoms with E-state index in [9.17, 15) is 27.9 Å². The number of aliphatic hydroxyl groups excluding tert-OH is 1. The third kappa shape index (κ3) is 4.32. The maximum absolute atomic E-state index is 14.6. The number of nitrogens with zero attached hydrogens (tertiary/aromatic N) is 4. The van der Waals surface area contributed by atoms with Gasteiger partial charge in [-0.3, -0.25) is 19.4 Å². The van der Waals surface area contributed by atoms with Gasteiger partial charge in [0.15, 0.2) is 5.54 Å². The van der Waals surface area contributed by atoms with Crippen molar-refractivity contribution in [3.8, 4) is 0 Å². The SMILES string of the molecule is CCCCN1C(=O)C2(/C(=C(/O)c3cccc(S(=O)(=O)N(C)C)c3)C(=O)C(=O)N2Cc2cccnc2)c2ccccc21. The highest BCUT2D eigenvalue weighted by Crippen LogP contribution is 2.54. The number of aliphatic hydroxyl groups is 1. The molecule has 1 N–H and O–H groups in total. The molecule has 1 spiro atoms. The number of pyridine rings is 1. The van der Waals surface area contributed by atoms with Crippen molar-refractivity contribution in [3.05, 3.63) is 95.3 Å². The Balaban J connectivity index is 1.80. The molecule has 41 heavy (non-hydrogen) atoms. The van der Waals surface area contributed by atoms with Crippen LogP contribution in [0.3, 0.4) is 0 Å². The van der Waals surface area contributed by atoms with E-state index >= 15 is 0 Å². The van der Waals surface area contributed by atoms with Gasteiger partial charge in [-0.25, -0.2) is 12.7 Å². The van der Waals surface area contributed by atoms with E-state index in [1.807, 2.05) is 6.92 Å². The molecule has 1 fully saturated rings. The smallest absolute Gasteiger partial charge is 0.296 e. The number of para-hydroxylation sites is 1. The number of ketones is 1. The van der Waals surface area contributed by atoms with Gasteiger partial charge < -0.3 is 14.9 Å². The van der Waals surface area contributed by atoms with Crippen molar-refractivity contribution in [1.82, 2.24) is 14.2 Å². The van der Waals surface area contributed by atoms with E-state index in [2.05, 4.69) is 4.98 Å². The summed E-state index contributed by atoms with van der Waals surface area (Å²) >= 11 is 0. The molecule has 2 aliphatic rings. The number of likely N-dealkylation sites (tertiary alicyclic amines) is 1. The number of sulfonamides is 1. The average molecular weight is 575 g/mol. The molecule has 3 aromatic rings. The molecule has 2 aromatic carbocycles. The Hall–Kier alpha value is -4.35. The molecule has 2 aliphatic heterocycles. The Kier molecular flexibility index (Phi) is 7.26. The van der Waals surface area contributed by atoms with Crippen molar-refractivity contribution in [3.63, 3.8) is 0 Å². The van der Waals surface area contributed by atoms with Crippen LogP contribution in [0.15, 0.2) is 83.5 Å². The summed E-state index contributed by atoms with van der Waals surface area (Å²) in [5.74, 6) is -3.15. The van der Waals surface area contributed by atoms with E-state index in [0.29, 0.717) is 29.8 Å². The number of rotatable bonds is 8. The van der Waals surface area contributed by atoms with Crippen molar-refractivity contribution < 1.29 is 27.9 Å². The maximum Gasteiger partial charge on any atom is 0.296 e. The highest BCUT2D eigenvalue weighted by atomic mass is 32.2. The van der Waals surface area contributed by atoms with Crippen LogP contribution in [-0.4, -0.2) is 66.0 Å². The maximum atomic E-state index is 14.6. The van der Waals surface area contributed by atoms with Gasteiger partial charge in [0.25, 0.3) is 17.6 Å². The van der Waals surface area contributed by atoms with Crippen molar-refractivity contribution in [2.75, 3.05) is 25.5 Å². The van der Waals surface area contributed by atoms with Crippen LogP contribution in [0.2, 0.25) is 0 Å². The van der Waals surface area contributed by atoms with Crippen molar-refractivity contribution in [2.45, 2.75) is 36.7 Å². The molecule has 3 heterocycles. The highest BCUT2D eigenvalue weighted by molar-refractivity contribution is 7.89. The molecule has 212 valence electrons. The van der Waals surface area contributed by atoms with Crippen LogP contribution >= 0.6 is 0 Å². The van der Waals surface area contributed by atoms with Crippen LogP contribution in [0, 0.1) is 0 Å². The fraction of sp³-hybridized carbons (Fsp3) is 0.267. The van der Waals surface area contributed by atoms with E-state index in [1.165, 1.54) is 43.3 Å². The Morgan fingerprint density at radius 2 is 1.78 bits per heavy atom. The first-order valence-electron chi connectivity index (χ1n) is 13.2. The second-order valence-electron chi connectivity index (χ2n) is 10.2. The standard InChI is InChI=1S/C30H30N4O6S/c1-4-5-16-33-24-14-7-6-13-23(24)30(29(33)38)25(27(36)28(37)34(30)19-20-10-9-15-31-18-20)26(35)21-11-8-12-22(17-21)41(39,40)32(2)3/h6-15,17-18,35H,4-5,16,19H2,1-3H3/b26-25+. The van der Waals surface area contributed by atoms with Gasteiger partial charge >= 0.3 is 0 Å². The molecule has 0 saturated carbocycles. The van der Waals surface area contributed by atoms with E-state index in [4.69, 9.17) is 0 Å². The topological polar surface area (TPSA) is 128 Å². The molecular weight excluding hydrogens is 544 g/mol. The molecule has 1 aromatic heterocycles. The summed E-state index contributed by atoms with van der Waals surface area (Å²) in [6.07, 6.45) is 4.60. The lowest BCUT2D eigenvalue weighted by atomic mass is 9.81. The van der Waals surface area contributed by atoms with Gasteiger partial charge in [-0.15, -0.1) is 0 Å². The fourth-order valence-corrected chi connectivity index (χ4v) is 6.41. The molecule has 1 saturated heterocycles. The highest BCUT2D eigenvalue weighted by Gasteiger charge is 2.67. The average Bonchev–Trinajstić information content (AvgIpc) is 3.35. The predicted octanol–water partition coefficient (Wildman–Crippen LogP) is 3.25. The summed E-state index contributed by atoms with van der Waals surface area (Å²) < 4.78 is 26.7. The summed E-state index contributed by atoms with van der Waals surface area (Å²) in [5, 5.41) is 11.7. The van der Waals surface area contributed by atoms with Crippen LogP contribution in [0.1, 0.15) is 36.5 Å². The first-order chi connectivity index (χ1) is 19.6. The van der Waals surface area contributed by atoms with E-state index in [-0.39, 0.29) is 17.0 Å². The second-order valence-corrected chi connectivity index (χ2v) is 12.3. The molecule has 2 amide bonds. The number of anilines is 1. The van der Waals surface area contributed by atoms with E-state index in [0.717, 1.165) is 10.7 Å². The first kappa shape index (κ1) is 28.2. The first-order valence-corrected chi connectivity index (χ1v) is 14.6. The summed E-state index contributed by atoms with van der Waals surface area (Å²) in [6, 6.07) is 15.8. The van der Waals surface area contributed by atoms with E-state index < -0.39 is 44.5 Å². The Morgan fingerprint density at radius 1 is 1.02 bits per heavy atom. The number of carbonyl (C=O) groups excluding carboxylic acids is 3. The second kappa shape index (κ2) is 10.6. The zero-order valence-electron chi connectivity index (χ0n) is 22.9. The molecule has 0 aliphatic carbocycles. The summed E-state index contributed by atoms with van der Waals surface area (Å²) in [4.78, 5) is 48.9. The van der Waals surface area contributed by atoms with Gasteiger partial charge in [0.2, 0.25) is 10.0 Å². The van der Waals surface area contributed by atoms with Crippen LogP contribution in [0.5, 0.6) is 0 Å². The lowest BCUT2D eigenvalue weighted by Crippen LogP contribution is -2.51. The Morgan fingerprint density at radius 3 is 2.46 bits per heavy atom. The van der Waals surface area contributed by atoms with Crippen molar-refractivity contribution in [2.24, 2.45) is 0 Å². The van der Waals surface area contributed by atoms with Gasteiger partial charge in [-0.2, -0.15) is 0 Å². The monoisotopic (exact) mass is 574 g/mol. The van der Waals surface area contributed by atoms with Crippen LogP contribution in [0.25, 0.3) is 5.76 Å². The number of hydrogen-bond donors (Lipinski definition) is 1. The number of hydrogen-bond acceptors (Lipinski definition) is 7. The Bertz CT molecular complexity index is 1690. The zero-order chi connectivity index (χ0) is 29.5. The summed E-state index contributed by atoms with van der Waals surface area (Å²) in [6.45, 7) is 2.22. The lowest BCUT2D eigenvalue weighted by Gasteiger charge is -2.34. The molecular formula is C30H30N4O6S. The van der Waals surface area contributed by atoms with Gasteiger partial charge in [-0.1, -0.05) is 49.7 Å². The quantitative estimate of drug-likeness (QED) is 0.248. The number of fused-ring (bicyclic) bond motifs is 2. The fourth-order valence-electron chi connectivity index (χ4n) is 5.46. The normalized spacial score (nSPS) is 20.0. The summed E-state index contributed by atoms with van der Waals surface area (Å²) in [7, 11) is -1.13. The number of carbonyl (C=O) groups is 3. The number of amides is 2. The number of Topliss-reactive ketones (excluding diaryl/α,β-unsaturated/α-hetero) is 1. The molecule has 11 heteroatoms. The molecule has 5 rings (SSSR count). The minimum atomic E-state index is -3.88. The zero-order valence-corrected chi connectivity index (χ0v) is 23.8. The molecule has 10 nitrogen and oxygen atoms in total. The molecule has 0 bridgehead atoms. The minimum Gasteiger partial charge on any atom is -0.507 e. The van der Waals surface area contributed by atoms with Crippen LogP contribution in [0.4, 0.5) is 5.69 Å². The van der Waals surface area contributed by atoms with Gasteiger partial charge in [-0.05, 0) is 36.2 Å². The molecule has 1 unspecified atom stereocenters. The van der Waals surface area contributed by atoms with Gasteiger partial charge in [0.1, 0.15) is 5.76 Å². The molecule has 0 radical (unpaired) electrons. The lowest BCUT2D eigenvalue weighted by molar-refractivity contribution is -0.144. The van der Waals surface area contributed by atoms with Crippen molar-refractivity contribution in [1.29, 1.82) is 0 Å². The number of benzene rings is 2. The van der Waals surface area contributed by atoms with Crippen molar-refractivity contribution >= 4 is 39.1 Å².